The van der Waals surface area contributed by atoms with Gasteiger partial charge >= 0.3 is 0 Å². The fourth-order valence-corrected chi connectivity index (χ4v) is 4.82. The van der Waals surface area contributed by atoms with Gasteiger partial charge in [0.15, 0.2) is 11.6 Å². The van der Waals surface area contributed by atoms with Gasteiger partial charge in [-0.05, 0) is 44.9 Å². The first-order valence-corrected chi connectivity index (χ1v) is 11.8. The van der Waals surface area contributed by atoms with Crippen LogP contribution in [-0.2, 0) is 0 Å². The van der Waals surface area contributed by atoms with E-state index in [9.17, 15) is 9.18 Å². The second-order valence-electron chi connectivity index (χ2n) is 9.09. The number of allylic oxidation sites excluding steroid dienone is 1. The molecule has 8 heteroatoms. The lowest BCUT2D eigenvalue weighted by molar-refractivity contribution is 0.0940. The number of amides is 1. The number of para-hydroxylation sites is 1. The van der Waals surface area contributed by atoms with Crippen molar-refractivity contribution >= 4 is 17.3 Å². The summed E-state index contributed by atoms with van der Waals surface area (Å²) in [6, 6.07) is 6.53. The Bertz CT molecular complexity index is 1310. The van der Waals surface area contributed by atoms with Gasteiger partial charge in [-0.1, -0.05) is 17.2 Å². The first-order valence-electron chi connectivity index (χ1n) is 11.8. The Labute approximate surface area is 203 Å². The molecule has 3 N–H and O–H groups in total. The van der Waals surface area contributed by atoms with Crippen LogP contribution in [0, 0.1) is 5.82 Å². The smallest absolute Gasteiger partial charge is 0.255 e. The zero-order valence-corrected chi connectivity index (χ0v) is 20.1. The summed E-state index contributed by atoms with van der Waals surface area (Å²) in [7, 11) is 1.42. The highest BCUT2D eigenvalue weighted by Crippen LogP contribution is 2.44. The molecule has 2 bridgehead atoms. The summed E-state index contributed by atoms with van der Waals surface area (Å²) in [6.07, 6.45) is 6.02. The summed E-state index contributed by atoms with van der Waals surface area (Å²) in [6.45, 7) is 5.39. The monoisotopic (exact) mass is 476 g/mol. The average Bonchev–Trinajstić information content (AvgIpc) is 3.23. The quantitative estimate of drug-likeness (QED) is 0.423. The van der Waals surface area contributed by atoms with E-state index in [1.807, 2.05) is 6.07 Å². The number of halogens is 1. The first-order chi connectivity index (χ1) is 17.0. The molecule has 0 aliphatic carbocycles. The zero-order valence-electron chi connectivity index (χ0n) is 20.1. The van der Waals surface area contributed by atoms with E-state index in [4.69, 9.17) is 9.47 Å². The third-order valence-corrected chi connectivity index (χ3v) is 6.99. The second-order valence-corrected chi connectivity index (χ2v) is 9.09. The maximum Gasteiger partial charge on any atom is 0.255 e. The Hall–Kier alpha value is -3.81. The normalized spacial score (nSPS) is 19.9. The molecular weight excluding hydrogens is 447 g/mol. The molecule has 0 spiro atoms. The standard InChI is InChI=1S/C27H29FN4O3/c1-15-7-8-17-13-30-27(33)22-23(17)32-24(18-9-11-29-14-21(18)35-12-10-16(15)2)25(22)31-20-6-4-5-19(28)26(20)34-3/h4-6,9,11,14,17,31-32H,7-8,10,12-13H2,1-3H3,(H,30,33)/b16-15-/t17-/m0/s1. The predicted octanol–water partition coefficient (Wildman–Crippen LogP) is 5.69. The van der Waals surface area contributed by atoms with E-state index in [1.165, 1.54) is 24.3 Å². The van der Waals surface area contributed by atoms with Crippen LogP contribution in [0.2, 0.25) is 0 Å². The van der Waals surface area contributed by atoms with E-state index >= 15 is 0 Å². The number of hydrogen-bond donors (Lipinski definition) is 3. The number of benzene rings is 1. The van der Waals surface area contributed by atoms with Gasteiger partial charge in [0.1, 0.15) is 5.75 Å². The molecule has 0 saturated carbocycles. The largest absolute Gasteiger partial charge is 0.492 e. The molecule has 0 saturated heterocycles. The molecule has 3 aromatic rings. The molecule has 0 fully saturated rings. The lowest BCUT2D eigenvalue weighted by Crippen LogP contribution is -2.35. The second kappa shape index (κ2) is 9.44. The molecule has 1 aromatic carbocycles. The highest BCUT2D eigenvalue weighted by molar-refractivity contribution is 6.07. The third kappa shape index (κ3) is 4.24. The summed E-state index contributed by atoms with van der Waals surface area (Å²) in [5, 5.41) is 6.35. The third-order valence-electron chi connectivity index (χ3n) is 6.99. The summed E-state index contributed by atoms with van der Waals surface area (Å²) in [5.41, 5.74) is 6.52. The number of anilines is 2. The van der Waals surface area contributed by atoms with Gasteiger partial charge in [-0.15, -0.1) is 0 Å². The molecule has 0 radical (unpaired) electrons. The van der Waals surface area contributed by atoms with E-state index in [0.29, 0.717) is 41.5 Å². The van der Waals surface area contributed by atoms with Crippen molar-refractivity contribution in [2.75, 3.05) is 25.6 Å². The number of carbonyl (C=O) groups excluding carboxylic acids is 1. The van der Waals surface area contributed by atoms with Crippen molar-refractivity contribution in [3.63, 3.8) is 0 Å². The summed E-state index contributed by atoms with van der Waals surface area (Å²) in [4.78, 5) is 21.0. The molecule has 0 unspecified atom stereocenters. The minimum absolute atomic E-state index is 0.0815. The molecule has 4 heterocycles. The Morgan fingerprint density at radius 3 is 2.86 bits per heavy atom. The fraction of sp³-hybridized carbons (Fsp3) is 0.333. The number of aromatic nitrogens is 2. The molecule has 182 valence electrons. The van der Waals surface area contributed by atoms with Gasteiger partial charge in [-0.25, -0.2) is 4.39 Å². The molecule has 35 heavy (non-hydrogen) atoms. The van der Waals surface area contributed by atoms with E-state index < -0.39 is 5.82 Å². The van der Waals surface area contributed by atoms with Crippen LogP contribution < -0.4 is 20.1 Å². The molecule has 1 atom stereocenters. The number of H-pyrrole nitrogens is 1. The van der Waals surface area contributed by atoms with Crippen molar-refractivity contribution in [1.29, 1.82) is 0 Å². The van der Waals surface area contributed by atoms with E-state index in [2.05, 4.69) is 34.4 Å². The Morgan fingerprint density at radius 1 is 1.20 bits per heavy atom. The average molecular weight is 477 g/mol. The molecule has 2 aliphatic rings. The van der Waals surface area contributed by atoms with Crippen LogP contribution in [0.25, 0.3) is 11.3 Å². The Morgan fingerprint density at radius 2 is 2.03 bits per heavy atom. The lowest BCUT2D eigenvalue weighted by Gasteiger charge is -2.24. The fourth-order valence-electron chi connectivity index (χ4n) is 4.82. The van der Waals surface area contributed by atoms with E-state index in [0.717, 1.165) is 30.5 Å². The summed E-state index contributed by atoms with van der Waals surface area (Å²) >= 11 is 0. The van der Waals surface area contributed by atoms with E-state index in [-0.39, 0.29) is 17.6 Å². The highest BCUT2D eigenvalue weighted by Gasteiger charge is 2.34. The maximum absolute atomic E-state index is 14.5. The number of ether oxygens (including phenoxy) is 2. The van der Waals surface area contributed by atoms with Gasteiger partial charge in [0, 0.05) is 36.3 Å². The molecule has 2 aromatic heterocycles. The van der Waals surface area contributed by atoms with Crippen molar-refractivity contribution < 1.29 is 18.7 Å². The molecule has 2 aliphatic heterocycles. The number of fused-ring (bicyclic) bond motifs is 3. The van der Waals surface area contributed by atoms with Crippen LogP contribution >= 0.6 is 0 Å². The number of aromatic amines is 1. The van der Waals surface area contributed by atoms with Gasteiger partial charge < -0.3 is 25.1 Å². The number of carbonyl (C=O) groups is 1. The van der Waals surface area contributed by atoms with Crippen molar-refractivity contribution in [3.05, 3.63) is 64.9 Å². The van der Waals surface area contributed by atoms with Crippen molar-refractivity contribution in [2.45, 2.75) is 39.0 Å². The number of pyridine rings is 1. The van der Waals surface area contributed by atoms with Crippen LogP contribution in [0.5, 0.6) is 11.5 Å². The first kappa shape index (κ1) is 23.0. The molecule has 1 amide bonds. The zero-order chi connectivity index (χ0) is 24.5. The Balaban J connectivity index is 1.72. The SMILES string of the molecule is COc1c(F)cccc1Nc1c2[nH]c3c1C(=O)NC[C@@H]3CC/C(C)=C(/C)CCOc1cnccc1-2. The van der Waals surface area contributed by atoms with Crippen molar-refractivity contribution in [2.24, 2.45) is 0 Å². The topological polar surface area (TPSA) is 88.3 Å². The number of nitrogens with zero attached hydrogens (tertiary/aromatic N) is 1. The van der Waals surface area contributed by atoms with Gasteiger partial charge in [0.05, 0.1) is 42.5 Å². The van der Waals surface area contributed by atoms with Gasteiger partial charge in [-0.3, -0.25) is 9.78 Å². The lowest BCUT2D eigenvalue weighted by atomic mass is 9.90. The van der Waals surface area contributed by atoms with Gasteiger partial charge in [0.2, 0.25) is 0 Å². The summed E-state index contributed by atoms with van der Waals surface area (Å²) in [5.74, 6) is 0.142. The predicted molar refractivity (Wildman–Crippen MR) is 133 cm³/mol. The maximum atomic E-state index is 14.5. The summed E-state index contributed by atoms with van der Waals surface area (Å²) < 4.78 is 26.0. The minimum atomic E-state index is -0.488. The van der Waals surface area contributed by atoms with Crippen molar-refractivity contribution in [3.8, 4) is 22.8 Å². The van der Waals surface area contributed by atoms with Crippen LogP contribution in [-0.4, -0.2) is 36.1 Å². The number of methoxy groups -OCH3 is 1. The van der Waals surface area contributed by atoms with Crippen LogP contribution in [0.15, 0.2) is 47.8 Å². The number of nitrogens with one attached hydrogen (secondary N) is 3. The Kier molecular flexibility index (Phi) is 6.19. The van der Waals surface area contributed by atoms with Crippen molar-refractivity contribution in [1.82, 2.24) is 15.3 Å². The van der Waals surface area contributed by atoms with Gasteiger partial charge in [-0.2, -0.15) is 0 Å². The minimum Gasteiger partial charge on any atom is -0.492 e. The van der Waals surface area contributed by atoms with E-state index in [1.54, 1.807) is 24.5 Å². The highest BCUT2D eigenvalue weighted by atomic mass is 19.1. The van der Waals surface area contributed by atoms with Gasteiger partial charge in [0.25, 0.3) is 5.91 Å². The molecule has 7 nitrogen and oxygen atoms in total. The molecule has 5 rings (SSSR count). The number of hydrogen-bond acceptors (Lipinski definition) is 5. The molecular formula is C27H29FN4O3. The van der Waals surface area contributed by atoms with Crippen LogP contribution in [0.3, 0.4) is 0 Å². The van der Waals surface area contributed by atoms with Crippen LogP contribution in [0.1, 0.15) is 55.1 Å². The van der Waals surface area contributed by atoms with Crippen LogP contribution in [0.4, 0.5) is 15.8 Å². The number of rotatable bonds is 3.